The standard InChI is InChI=1S/C38H65N2O6P/c1-6-8-10-12-14-16-18-19-20-21-22-24-26-28-30-32-38(42)39-36(35-46-47(43,44)45-34-33-40(3,4)5)37(41)31-29-27-25-23-17-15-13-11-9-7-2/h8-11,14,16-17,19-20,22-24,29,31,36-37,41H,6-7,12-13,15,18,21,25-28,30,32-35H2,1-5H3,(H-,39,42,43,44)/p+1/b10-8-,11-9+,16-14-,20-19-,23-17+,24-22-,31-29+. The number of aliphatic hydroxyl groups excluding tert-OH is 1. The van der Waals surface area contributed by atoms with Crippen LogP contribution in [0.25, 0.3) is 0 Å². The Hall–Kier alpha value is -2.32. The molecular weight excluding hydrogens is 611 g/mol. The highest BCUT2D eigenvalue weighted by Crippen LogP contribution is 2.43. The molecule has 3 atom stereocenters. The Morgan fingerprint density at radius 3 is 1.79 bits per heavy atom. The largest absolute Gasteiger partial charge is 0.472 e. The van der Waals surface area contributed by atoms with Gasteiger partial charge in [-0.25, -0.2) is 4.57 Å². The number of quaternary nitrogens is 1. The average molecular weight is 678 g/mol. The molecule has 9 heteroatoms. The molecular formula is C38H66N2O6P+. The number of nitrogens with one attached hydrogen (secondary N) is 1. The van der Waals surface area contributed by atoms with Crippen LogP contribution in [-0.2, 0) is 18.4 Å². The zero-order chi connectivity index (χ0) is 35.1. The highest BCUT2D eigenvalue weighted by molar-refractivity contribution is 7.47. The number of phosphoric ester groups is 1. The van der Waals surface area contributed by atoms with E-state index < -0.39 is 20.0 Å². The number of rotatable bonds is 29. The second-order valence-corrected chi connectivity index (χ2v) is 13.9. The molecule has 1 amide bonds. The quantitative estimate of drug-likeness (QED) is 0.0317. The van der Waals surface area contributed by atoms with Crippen molar-refractivity contribution in [1.29, 1.82) is 0 Å². The maximum atomic E-state index is 12.7. The Morgan fingerprint density at radius 1 is 0.723 bits per heavy atom. The van der Waals surface area contributed by atoms with Gasteiger partial charge in [-0.15, -0.1) is 0 Å². The van der Waals surface area contributed by atoms with E-state index in [9.17, 15) is 19.4 Å². The molecule has 3 unspecified atom stereocenters. The van der Waals surface area contributed by atoms with E-state index in [0.29, 0.717) is 17.4 Å². The smallest absolute Gasteiger partial charge is 0.387 e. The minimum atomic E-state index is -4.35. The average Bonchev–Trinajstić information content (AvgIpc) is 3.01. The summed E-state index contributed by atoms with van der Waals surface area (Å²) in [4.78, 5) is 22.9. The first-order chi connectivity index (χ1) is 22.5. The van der Waals surface area contributed by atoms with Crippen LogP contribution in [-0.4, -0.2) is 73.4 Å². The number of carbonyl (C=O) groups excluding carboxylic acids is 1. The molecule has 0 aliphatic heterocycles. The summed E-state index contributed by atoms with van der Waals surface area (Å²) in [6, 6.07) is -0.892. The second kappa shape index (κ2) is 29.8. The summed E-state index contributed by atoms with van der Waals surface area (Å²) in [6.45, 7) is 4.45. The maximum Gasteiger partial charge on any atom is 0.472 e. The van der Waals surface area contributed by atoms with Crippen molar-refractivity contribution < 1.29 is 32.9 Å². The monoisotopic (exact) mass is 677 g/mol. The molecule has 3 N–H and O–H groups in total. The van der Waals surface area contributed by atoms with Crippen LogP contribution in [0.15, 0.2) is 85.1 Å². The van der Waals surface area contributed by atoms with E-state index in [0.717, 1.165) is 70.6 Å². The molecule has 0 rings (SSSR count). The molecule has 0 radical (unpaired) electrons. The molecule has 268 valence electrons. The fraction of sp³-hybridized carbons (Fsp3) is 0.605. The predicted molar refractivity (Wildman–Crippen MR) is 198 cm³/mol. The van der Waals surface area contributed by atoms with Crippen LogP contribution in [0, 0.1) is 0 Å². The Morgan fingerprint density at radius 2 is 1.21 bits per heavy atom. The van der Waals surface area contributed by atoms with Crippen LogP contribution in [0.4, 0.5) is 0 Å². The minimum absolute atomic E-state index is 0.0401. The highest BCUT2D eigenvalue weighted by atomic mass is 31.2. The van der Waals surface area contributed by atoms with Gasteiger partial charge in [-0.05, 0) is 77.0 Å². The van der Waals surface area contributed by atoms with E-state index >= 15 is 0 Å². The predicted octanol–water partition coefficient (Wildman–Crippen LogP) is 8.68. The first-order valence-corrected chi connectivity index (χ1v) is 19.0. The van der Waals surface area contributed by atoms with Gasteiger partial charge in [0.25, 0.3) is 0 Å². The Labute approximate surface area is 286 Å². The van der Waals surface area contributed by atoms with E-state index in [4.69, 9.17) is 9.05 Å². The Bertz CT molecular complexity index is 1040. The van der Waals surface area contributed by atoms with Gasteiger partial charge in [0.15, 0.2) is 0 Å². The first-order valence-electron chi connectivity index (χ1n) is 17.5. The summed E-state index contributed by atoms with van der Waals surface area (Å²) in [6.07, 6.45) is 39.5. The molecule has 0 aliphatic rings. The van der Waals surface area contributed by atoms with Gasteiger partial charge in [0.05, 0.1) is 39.9 Å². The lowest BCUT2D eigenvalue weighted by atomic mass is 10.1. The molecule has 0 aliphatic carbocycles. The molecule has 8 nitrogen and oxygen atoms in total. The van der Waals surface area contributed by atoms with Crippen molar-refractivity contribution in [1.82, 2.24) is 5.32 Å². The number of likely N-dealkylation sites (N-methyl/N-ethyl adjacent to an activating group) is 1. The molecule has 47 heavy (non-hydrogen) atoms. The maximum absolute atomic E-state index is 12.7. The van der Waals surface area contributed by atoms with Gasteiger partial charge in [-0.2, -0.15) is 0 Å². The van der Waals surface area contributed by atoms with Gasteiger partial charge in [0.1, 0.15) is 13.2 Å². The Kier molecular flexibility index (Phi) is 28.3. The van der Waals surface area contributed by atoms with Crippen molar-refractivity contribution in [3.8, 4) is 0 Å². The molecule has 0 bridgehead atoms. The highest BCUT2D eigenvalue weighted by Gasteiger charge is 2.27. The SMILES string of the molecule is CC/C=C\C/C=C\C/C=C\C/C=C\CCCCC(=O)NC(COP(=O)(O)OCC[N+](C)(C)C)C(O)/C=C/CC/C=C/CC/C=C/CC. The molecule has 0 aromatic heterocycles. The topological polar surface area (TPSA) is 105 Å². The molecule has 0 saturated carbocycles. The Balaban J connectivity index is 4.73. The summed E-state index contributed by atoms with van der Waals surface area (Å²) >= 11 is 0. The van der Waals surface area contributed by atoms with E-state index in [1.165, 1.54) is 0 Å². The summed E-state index contributed by atoms with van der Waals surface area (Å²) < 4.78 is 23.3. The fourth-order valence-electron chi connectivity index (χ4n) is 4.07. The van der Waals surface area contributed by atoms with Gasteiger partial charge < -0.3 is 19.8 Å². The molecule has 0 spiro atoms. The fourth-order valence-corrected chi connectivity index (χ4v) is 4.80. The number of allylic oxidation sites excluding steroid dienone is 13. The van der Waals surface area contributed by atoms with Gasteiger partial charge in [0.2, 0.25) is 5.91 Å². The van der Waals surface area contributed by atoms with Gasteiger partial charge in [-0.3, -0.25) is 13.8 Å². The van der Waals surface area contributed by atoms with Crippen LogP contribution in [0.2, 0.25) is 0 Å². The lowest BCUT2D eigenvalue weighted by molar-refractivity contribution is -0.870. The van der Waals surface area contributed by atoms with E-state index in [2.05, 4.69) is 92.1 Å². The van der Waals surface area contributed by atoms with E-state index in [-0.39, 0.29) is 25.5 Å². The van der Waals surface area contributed by atoms with Crippen LogP contribution < -0.4 is 5.32 Å². The third-order valence-corrected chi connectivity index (χ3v) is 7.82. The number of hydrogen-bond acceptors (Lipinski definition) is 5. The zero-order valence-corrected chi connectivity index (χ0v) is 30.9. The van der Waals surface area contributed by atoms with Crippen molar-refractivity contribution in [2.75, 3.05) is 40.9 Å². The lowest BCUT2D eigenvalue weighted by Gasteiger charge is -2.25. The summed E-state index contributed by atoms with van der Waals surface area (Å²) in [5, 5.41) is 13.6. The lowest BCUT2D eigenvalue weighted by Crippen LogP contribution is -2.45. The third kappa shape index (κ3) is 32.0. The van der Waals surface area contributed by atoms with E-state index in [1.807, 2.05) is 27.2 Å². The van der Waals surface area contributed by atoms with Crippen molar-refractivity contribution in [3.05, 3.63) is 85.1 Å². The number of nitrogens with zero attached hydrogens (tertiary/aromatic N) is 1. The number of carbonyl (C=O) groups is 1. The van der Waals surface area contributed by atoms with Crippen LogP contribution in [0.5, 0.6) is 0 Å². The number of unbranched alkanes of at least 4 members (excludes halogenated alkanes) is 4. The molecule has 0 saturated heterocycles. The summed E-state index contributed by atoms with van der Waals surface area (Å²) in [5.41, 5.74) is 0. The van der Waals surface area contributed by atoms with Crippen molar-refractivity contribution in [3.63, 3.8) is 0 Å². The van der Waals surface area contributed by atoms with E-state index in [1.54, 1.807) is 6.08 Å². The van der Waals surface area contributed by atoms with Crippen molar-refractivity contribution >= 4 is 13.7 Å². The van der Waals surface area contributed by atoms with Crippen LogP contribution >= 0.6 is 7.82 Å². The molecule has 0 aromatic rings. The molecule has 0 aromatic carbocycles. The van der Waals surface area contributed by atoms with Crippen LogP contribution in [0.1, 0.15) is 97.3 Å². The minimum Gasteiger partial charge on any atom is -0.387 e. The van der Waals surface area contributed by atoms with Crippen LogP contribution in [0.3, 0.4) is 0 Å². The summed E-state index contributed by atoms with van der Waals surface area (Å²) in [5.74, 6) is -0.241. The number of aliphatic hydroxyl groups is 1. The molecule has 0 heterocycles. The summed E-state index contributed by atoms with van der Waals surface area (Å²) in [7, 11) is 1.49. The van der Waals surface area contributed by atoms with Crippen molar-refractivity contribution in [2.45, 2.75) is 109 Å². The van der Waals surface area contributed by atoms with Gasteiger partial charge >= 0.3 is 7.82 Å². The van der Waals surface area contributed by atoms with Gasteiger partial charge in [0, 0.05) is 6.42 Å². The third-order valence-electron chi connectivity index (χ3n) is 6.84. The number of hydrogen-bond donors (Lipinski definition) is 3. The number of phosphoric acid groups is 1. The van der Waals surface area contributed by atoms with Gasteiger partial charge in [-0.1, -0.05) is 98.9 Å². The zero-order valence-electron chi connectivity index (χ0n) is 30.0. The molecule has 0 fully saturated rings. The normalized spacial score (nSPS) is 15.8. The van der Waals surface area contributed by atoms with Crippen molar-refractivity contribution in [2.24, 2.45) is 0 Å². The second-order valence-electron chi connectivity index (χ2n) is 12.5. The number of amides is 1. The first kappa shape index (κ1) is 44.7.